The third-order valence-electron chi connectivity index (χ3n) is 4.43. The number of aromatic nitrogens is 2. The summed E-state index contributed by atoms with van der Waals surface area (Å²) in [7, 11) is 1.44. The van der Waals surface area contributed by atoms with E-state index in [1.165, 1.54) is 41.0 Å². The Hall–Kier alpha value is -3.23. The molecule has 1 amide bonds. The van der Waals surface area contributed by atoms with Crippen molar-refractivity contribution in [3.63, 3.8) is 0 Å². The smallest absolute Gasteiger partial charge is 0.337 e. The summed E-state index contributed by atoms with van der Waals surface area (Å²) in [6.07, 6.45) is -3.26. The van der Waals surface area contributed by atoms with Gasteiger partial charge in [-0.05, 0) is 31.2 Å². The highest BCUT2D eigenvalue weighted by Crippen LogP contribution is 2.30. The van der Waals surface area contributed by atoms with Crippen molar-refractivity contribution in [1.82, 2.24) is 14.7 Å². The number of rotatable bonds is 4. The standard InChI is InChI=1S/C20H16F5N3O/c1-12-17(19(29)27(2)11-13-6-7-15(21)9-18(13)22)10-26-28(12)16-5-3-4-14(8-16)20(23,24)25/h3-10H,11H2,1-2H3. The summed E-state index contributed by atoms with van der Waals surface area (Å²) in [5, 5.41) is 4.03. The first-order chi connectivity index (χ1) is 13.6. The van der Waals surface area contributed by atoms with Crippen molar-refractivity contribution in [1.29, 1.82) is 0 Å². The second kappa shape index (κ2) is 7.65. The molecule has 0 saturated heterocycles. The van der Waals surface area contributed by atoms with Gasteiger partial charge in [-0.1, -0.05) is 12.1 Å². The molecule has 0 aliphatic rings. The van der Waals surface area contributed by atoms with E-state index >= 15 is 0 Å². The second-order valence-corrected chi connectivity index (χ2v) is 6.50. The minimum Gasteiger partial charge on any atom is -0.337 e. The molecule has 0 atom stereocenters. The SMILES string of the molecule is Cc1c(C(=O)N(C)Cc2ccc(F)cc2F)cnn1-c1cccc(C(F)(F)F)c1. The number of alkyl halides is 3. The van der Waals surface area contributed by atoms with E-state index in [4.69, 9.17) is 0 Å². The molecule has 2 aromatic carbocycles. The fourth-order valence-electron chi connectivity index (χ4n) is 2.88. The maximum atomic E-state index is 13.8. The van der Waals surface area contributed by atoms with Crippen LogP contribution in [0, 0.1) is 18.6 Å². The van der Waals surface area contributed by atoms with Crippen LogP contribution in [-0.4, -0.2) is 27.6 Å². The number of hydrogen-bond acceptors (Lipinski definition) is 2. The van der Waals surface area contributed by atoms with Crippen LogP contribution in [-0.2, 0) is 12.7 Å². The average molecular weight is 409 g/mol. The first-order valence-electron chi connectivity index (χ1n) is 8.49. The molecule has 4 nitrogen and oxygen atoms in total. The summed E-state index contributed by atoms with van der Waals surface area (Å²) < 4.78 is 66.9. The summed E-state index contributed by atoms with van der Waals surface area (Å²) in [5.41, 5.74) is -0.0522. The van der Waals surface area contributed by atoms with E-state index in [0.717, 1.165) is 24.3 Å². The molecule has 3 aromatic rings. The van der Waals surface area contributed by atoms with Crippen LogP contribution >= 0.6 is 0 Å². The maximum absolute atomic E-state index is 13.8. The van der Waals surface area contributed by atoms with Gasteiger partial charge in [0.15, 0.2) is 0 Å². The van der Waals surface area contributed by atoms with Gasteiger partial charge in [0.2, 0.25) is 0 Å². The molecule has 0 unspecified atom stereocenters. The first-order valence-corrected chi connectivity index (χ1v) is 8.49. The number of amides is 1. The predicted molar refractivity (Wildman–Crippen MR) is 95.5 cm³/mol. The molecule has 0 spiro atoms. The van der Waals surface area contributed by atoms with Gasteiger partial charge in [0.05, 0.1) is 28.7 Å². The van der Waals surface area contributed by atoms with E-state index in [2.05, 4.69) is 5.10 Å². The minimum absolute atomic E-state index is 0.112. The van der Waals surface area contributed by atoms with Crippen molar-refractivity contribution in [2.24, 2.45) is 0 Å². The molecule has 1 heterocycles. The summed E-state index contributed by atoms with van der Waals surface area (Å²) in [4.78, 5) is 13.9. The topological polar surface area (TPSA) is 38.1 Å². The highest BCUT2D eigenvalue weighted by molar-refractivity contribution is 5.95. The summed E-state index contributed by atoms with van der Waals surface area (Å²) >= 11 is 0. The number of hydrogen-bond donors (Lipinski definition) is 0. The third kappa shape index (κ3) is 4.28. The Kier molecular flexibility index (Phi) is 5.41. The molecule has 0 fully saturated rings. The largest absolute Gasteiger partial charge is 0.416 e. The van der Waals surface area contributed by atoms with Crippen LogP contribution in [0.25, 0.3) is 5.69 Å². The van der Waals surface area contributed by atoms with Gasteiger partial charge < -0.3 is 4.90 Å². The molecule has 0 aliphatic heterocycles. The Bertz CT molecular complexity index is 1060. The number of benzene rings is 2. The molecule has 3 rings (SSSR count). The Morgan fingerprint density at radius 1 is 1.14 bits per heavy atom. The molecule has 0 radical (unpaired) electrons. The molecule has 0 N–H and O–H groups in total. The summed E-state index contributed by atoms with van der Waals surface area (Å²) in [6, 6.07) is 7.64. The molecule has 152 valence electrons. The van der Waals surface area contributed by atoms with Gasteiger partial charge in [0, 0.05) is 25.2 Å². The monoisotopic (exact) mass is 409 g/mol. The van der Waals surface area contributed by atoms with Crippen LogP contribution in [0.1, 0.15) is 27.2 Å². The van der Waals surface area contributed by atoms with Crippen LogP contribution in [0.4, 0.5) is 22.0 Å². The van der Waals surface area contributed by atoms with E-state index in [9.17, 15) is 26.7 Å². The van der Waals surface area contributed by atoms with Crippen molar-refractivity contribution in [3.05, 3.63) is 82.7 Å². The van der Waals surface area contributed by atoms with E-state index in [1.807, 2.05) is 0 Å². The highest BCUT2D eigenvalue weighted by Gasteiger charge is 2.31. The molecule has 29 heavy (non-hydrogen) atoms. The van der Waals surface area contributed by atoms with Crippen molar-refractivity contribution in [3.8, 4) is 5.69 Å². The van der Waals surface area contributed by atoms with Gasteiger partial charge in [-0.3, -0.25) is 4.79 Å². The molecule has 9 heteroatoms. The zero-order chi connectivity index (χ0) is 21.3. The quantitative estimate of drug-likeness (QED) is 0.584. The molecular weight excluding hydrogens is 393 g/mol. The number of carbonyl (C=O) groups excluding carboxylic acids is 1. The normalized spacial score (nSPS) is 11.6. The molecular formula is C20H16F5N3O. The van der Waals surface area contributed by atoms with Crippen molar-refractivity contribution in [2.75, 3.05) is 7.05 Å². The van der Waals surface area contributed by atoms with E-state index < -0.39 is 29.3 Å². The Morgan fingerprint density at radius 2 is 1.86 bits per heavy atom. The zero-order valence-corrected chi connectivity index (χ0v) is 15.5. The Balaban J connectivity index is 1.86. The van der Waals surface area contributed by atoms with Gasteiger partial charge in [0.25, 0.3) is 5.91 Å². The molecule has 0 saturated carbocycles. The van der Waals surface area contributed by atoms with E-state index in [0.29, 0.717) is 5.69 Å². The van der Waals surface area contributed by atoms with Crippen LogP contribution in [0.3, 0.4) is 0 Å². The van der Waals surface area contributed by atoms with Crippen LogP contribution in [0.5, 0.6) is 0 Å². The lowest BCUT2D eigenvalue weighted by Gasteiger charge is -2.17. The van der Waals surface area contributed by atoms with Gasteiger partial charge in [-0.15, -0.1) is 0 Å². The lowest BCUT2D eigenvalue weighted by atomic mass is 10.1. The van der Waals surface area contributed by atoms with Gasteiger partial charge in [-0.25, -0.2) is 13.5 Å². The van der Waals surface area contributed by atoms with Gasteiger partial charge in [-0.2, -0.15) is 18.3 Å². The van der Waals surface area contributed by atoms with E-state index in [-0.39, 0.29) is 23.4 Å². The summed E-state index contributed by atoms with van der Waals surface area (Å²) in [5.74, 6) is -2.00. The summed E-state index contributed by atoms with van der Waals surface area (Å²) in [6.45, 7) is 1.44. The molecule has 1 aromatic heterocycles. The van der Waals surface area contributed by atoms with Crippen molar-refractivity contribution in [2.45, 2.75) is 19.6 Å². The second-order valence-electron chi connectivity index (χ2n) is 6.50. The van der Waals surface area contributed by atoms with E-state index in [1.54, 1.807) is 6.92 Å². The lowest BCUT2D eigenvalue weighted by Crippen LogP contribution is -2.27. The van der Waals surface area contributed by atoms with Crippen LogP contribution in [0.15, 0.2) is 48.7 Å². The highest BCUT2D eigenvalue weighted by atomic mass is 19.4. The van der Waals surface area contributed by atoms with Gasteiger partial charge >= 0.3 is 6.18 Å². The minimum atomic E-state index is -4.50. The zero-order valence-electron chi connectivity index (χ0n) is 15.5. The number of carbonyl (C=O) groups is 1. The number of nitrogens with zero attached hydrogens (tertiary/aromatic N) is 3. The van der Waals surface area contributed by atoms with Gasteiger partial charge in [0.1, 0.15) is 11.6 Å². The Morgan fingerprint density at radius 3 is 2.52 bits per heavy atom. The fraction of sp³-hybridized carbons (Fsp3) is 0.200. The van der Waals surface area contributed by atoms with Crippen LogP contribution in [0.2, 0.25) is 0 Å². The third-order valence-corrected chi connectivity index (χ3v) is 4.43. The van der Waals surface area contributed by atoms with Crippen LogP contribution < -0.4 is 0 Å². The lowest BCUT2D eigenvalue weighted by molar-refractivity contribution is -0.137. The van der Waals surface area contributed by atoms with Crippen molar-refractivity contribution < 1.29 is 26.7 Å². The van der Waals surface area contributed by atoms with Crippen molar-refractivity contribution >= 4 is 5.91 Å². The fourth-order valence-corrected chi connectivity index (χ4v) is 2.88. The maximum Gasteiger partial charge on any atom is 0.416 e. The Labute approximate surface area is 163 Å². The number of halogens is 5. The average Bonchev–Trinajstić information content (AvgIpc) is 3.04. The first kappa shape index (κ1) is 20.5. The molecule has 0 bridgehead atoms. The predicted octanol–water partition coefficient (Wildman–Crippen LogP) is 4.75. The molecule has 0 aliphatic carbocycles.